The van der Waals surface area contributed by atoms with Gasteiger partial charge >= 0.3 is 5.97 Å². The summed E-state index contributed by atoms with van der Waals surface area (Å²) in [5.41, 5.74) is 0. The molecular formula is C11H22N2O3. The molecule has 0 aliphatic carbocycles. The third-order valence-electron chi connectivity index (χ3n) is 2.22. The molecule has 5 heteroatoms. The molecule has 0 aromatic carbocycles. The molecule has 0 saturated heterocycles. The summed E-state index contributed by atoms with van der Waals surface area (Å²) in [6.07, 6.45) is 2.64. The topological polar surface area (TPSA) is 67.4 Å². The zero-order valence-corrected chi connectivity index (χ0v) is 10.3. The lowest BCUT2D eigenvalue weighted by atomic mass is 10.1. The van der Waals surface area contributed by atoms with Crippen molar-refractivity contribution >= 4 is 11.9 Å². The van der Waals surface area contributed by atoms with Gasteiger partial charge in [0.1, 0.15) is 6.04 Å². The van der Waals surface area contributed by atoms with Gasteiger partial charge in [-0.2, -0.15) is 0 Å². The fraction of sp³-hybridized carbons (Fsp3) is 0.818. The molecule has 0 radical (unpaired) electrons. The Morgan fingerprint density at radius 1 is 1.31 bits per heavy atom. The van der Waals surface area contributed by atoms with E-state index in [9.17, 15) is 9.59 Å². The van der Waals surface area contributed by atoms with E-state index in [0.717, 1.165) is 12.8 Å². The lowest BCUT2D eigenvalue weighted by Crippen LogP contribution is -2.43. The molecule has 94 valence electrons. The molecule has 0 spiro atoms. The van der Waals surface area contributed by atoms with Crippen molar-refractivity contribution in [2.24, 2.45) is 0 Å². The number of amides is 1. The third-order valence-corrected chi connectivity index (χ3v) is 2.22. The molecule has 0 saturated carbocycles. The van der Waals surface area contributed by atoms with E-state index in [1.807, 2.05) is 6.92 Å². The molecule has 16 heavy (non-hydrogen) atoms. The predicted octanol–water partition coefficient (Wildman–Crippen LogP) is 0.444. The van der Waals surface area contributed by atoms with Gasteiger partial charge in [-0.25, -0.2) is 0 Å². The molecule has 5 nitrogen and oxygen atoms in total. The Morgan fingerprint density at radius 2 is 2.00 bits per heavy atom. The first kappa shape index (κ1) is 14.9. The lowest BCUT2D eigenvalue weighted by Gasteiger charge is -2.15. The number of hydrogen-bond donors (Lipinski definition) is 2. The maximum Gasteiger partial charge on any atom is 0.322 e. The molecular weight excluding hydrogens is 208 g/mol. The van der Waals surface area contributed by atoms with Crippen LogP contribution in [0, 0.1) is 0 Å². The number of nitrogens with one attached hydrogen (secondary N) is 2. The van der Waals surface area contributed by atoms with Crippen molar-refractivity contribution in [1.82, 2.24) is 10.6 Å². The van der Waals surface area contributed by atoms with Crippen molar-refractivity contribution in [3.63, 3.8) is 0 Å². The number of ether oxygens (including phenoxy) is 1. The zero-order valence-electron chi connectivity index (χ0n) is 10.3. The van der Waals surface area contributed by atoms with Crippen molar-refractivity contribution in [3.05, 3.63) is 0 Å². The van der Waals surface area contributed by atoms with Crippen LogP contribution in [0.5, 0.6) is 0 Å². The summed E-state index contributed by atoms with van der Waals surface area (Å²) in [6.45, 7) is 4.65. The summed E-state index contributed by atoms with van der Waals surface area (Å²) in [7, 11) is 1.36. The van der Waals surface area contributed by atoms with E-state index < -0.39 is 0 Å². The number of carbonyl (C=O) groups is 2. The van der Waals surface area contributed by atoms with E-state index in [1.54, 1.807) is 0 Å². The van der Waals surface area contributed by atoms with Crippen LogP contribution < -0.4 is 10.6 Å². The smallest absolute Gasteiger partial charge is 0.322 e. The number of methoxy groups -OCH3 is 1. The summed E-state index contributed by atoms with van der Waals surface area (Å²) < 4.78 is 4.67. The molecule has 1 amide bonds. The molecule has 1 atom stereocenters. The Balaban J connectivity index is 4.00. The first-order valence-electron chi connectivity index (χ1n) is 5.73. The van der Waals surface area contributed by atoms with Gasteiger partial charge in [-0.15, -0.1) is 0 Å². The average Bonchev–Trinajstić information content (AvgIpc) is 2.28. The first-order valence-corrected chi connectivity index (χ1v) is 5.73. The Kier molecular flexibility index (Phi) is 8.52. The van der Waals surface area contributed by atoms with Crippen LogP contribution in [0.25, 0.3) is 0 Å². The van der Waals surface area contributed by atoms with E-state index in [1.165, 1.54) is 7.11 Å². The van der Waals surface area contributed by atoms with Crippen molar-refractivity contribution in [1.29, 1.82) is 0 Å². The predicted molar refractivity (Wildman–Crippen MR) is 62.0 cm³/mol. The number of hydrogen-bond acceptors (Lipinski definition) is 4. The SMILES string of the molecule is CCCCC(NCC(=O)NCC)C(=O)OC. The average molecular weight is 230 g/mol. The largest absolute Gasteiger partial charge is 0.468 e. The van der Waals surface area contributed by atoms with Gasteiger partial charge in [0.15, 0.2) is 0 Å². The number of esters is 1. The number of likely N-dealkylation sites (N-methyl/N-ethyl adjacent to an activating group) is 1. The van der Waals surface area contributed by atoms with Gasteiger partial charge in [-0.3, -0.25) is 14.9 Å². The minimum Gasteiger partial charge on any atom is -0.468 e. The fourth-order valence-electron chi connectivity index (χ4n) is 1.33. The highest BCUT2D eigenvalue weighted by Crippen LogP contribution is 2.01. The van der Waals surface area contributed by atoms with Gasteiger partial charge in [-0.05, 0) is 13.3 Å². The molecule has 1 unspecified atom stereocenters. The second-order valence-electron chi connectivity index (χ2n) is 3.55. The molecule has 0 heterocycles. The summed E-state index contributed by atoms with van der Waals surface area (Å²) in [4.78, 5) is 22.6. The number of carbonyl (C=O) groups excluding carboxylic acids is 2. The van der Waals surface area contributed by atoms with Crippen LogP contribution >= 0.6 is 0 Å². The van der Waals surface area contributed by atoms with Crippen LogP contribution in [-0.2, 0) is 14.3 Å². The van der Waals surface area contributed by atoms with Crippen molar-refractivity contribution in [2.75, 3.05) is 20.2 Å². The molecule has 0 aliphatic rings. The minimum atomic E-state index is -0.382. The first-order chi connectivity index (χ1) is 7.65. The van der Waals surface area contributed by atoms with Crippen molar-refractivity contribution < 1.29 is 14.3 Å². The normalized spacial score (nSPS) is 11.9. The monoisotopic (exact) mass is 230 g/mol. The van der Waals surface area contributed by atoms with Gasteiger partial charge in [0, 0.05) is 6.54 Å². The van der Waals surface area contributed by atoms with Crippen LogP contribution in [0.2, 0.25) is 0 Å². The van der Waals surface area contributed by atoms with E-state index in [0.29, 0.717) is 13.0 Å². The van der Waals surface area contributed by atoms with Gasteiger partial charge in [-0.1, -0.05) is 19.8 Å². The summed E-state index contributed by atoms with van der Waals surface area (Å²) in [6, 6.07) is -0.382. The Bertz CT molecular complexity index is 219. The van der Waals surface area contributed by atoms with Crippen LogP contribution in [0.15, 0.2) is 0 Å². The molecule has 0 aromatic heterocycles. The van der Waals surface area contributed by atoms with E-state index in [4.69, 9.17) is 0 Å². The van der Waals surface area contributed by atoms with Gasteiger partial charge < -0.3 is 10.1 Å². The zero-order chi connectivity index (χ0) is 12.4. The highest BCUT2D eigenvalue weighted by atomic mass is 16.5. The van der Waals surface area contributed by atoms with Crippen LogP contribution in [0.1, 0.15) is 33.1 Å². The molecule has 0 fully saturated rings. The minimum absolute atomic E-state index is 0.104. The maximum atomic E-state index is 11.4. The lowest BCUT2D eigenvalue weighted by molar-refractivity contribution is -0.143. The molecule has 0 bridgehead atoms. The van der Waals surface area contributed by atoms with Crippen LogP contribution in [-0.4, -0.2) is 38.1 Å². The van der Waals surface area contributed by atoms with E-state index >= 15 is 0 Å². The second-order valence-corrected chi connectivity index (χ2v) is 3.55. The summed E-state index contributed by atoms with van der Waals surface area (Å²) in [5, 5.41) is 5.56. The Hall–Kier alpha value is -1.10. The number of rotatable bonds is 8. The van der Waals surface area contributed by atoms with Crippen molar-refractivity contribution in [2.45, 2.75) is 39.2 Å². The second kappa shape index (κ2) is 9.15. The van der Waals surface area contributed by atoms with E-state index in [2.05, 4.69) is 22.3 Å². The van der Waals surface area contributed by atoms with Crippen LogP contribution in [0.3, 0.4) is 0 Å². The third kappa shape index (κ3) is 6.40. The molecule has 0 rings (SSSR count). The highest BCUT2D eigenvalue weighted by Gasteiger charge is 2.18. The highest BCUT2D eigenvalue weighted by molar-refractivity contribution is 5.80. The summed E-state index contributed by atoms with van der Waals surface area (Å²) in [5.74, 6) is -0.411. The fourth-order valence-corrected chi connectivity index (χ4v) is 1.33. The van der Waals surface area contributed by atoms with E-state index in [-0.39, 0.29) is 24.5 Å². The van der Waals surface area contributed by atoms with Gasteiger partial charge in [0.2, 0.25) is 5.91 Å². The summed E-state index contributed by atoms with van der Waals surface area (Å²) >= 11 is 0. The Morgan fingerprint density at radius 3 is 2.50 bits per heavy atom. The quantitative estimate of drug-likeness (QED) is 0.594. The number of unbranched alkanes of at least 4 members (excludes halogenated alkanes) is 1. The molecule has 0 aromatic rings. The maximum absolute atomic E-state index is 11.4. The molecule has 0 aliphatic heterocycles. The van der Waals surface area contributed by atoms with Crippen LogP contribution in [0.4, 0.5) is 0 Å². The molecule has 2 N–H and O–H groups in total. The van der Waals surface area contributed by atoms with Crippen molar-refractivity contribution in [3.8, 4) is 0 Å². The standard InChI is InChI=1S/C11H22N2O3/c1-4-6-7-9(11(15)16-3)13-8-10(14)12-5-2/h9,13H,4-8H2,1-3H3,(H,12,14). The van der Waals surface area contributed by atoms with Gasteiger partial charge in [0.25, 0.3) is 0 Å². The van der Waals surface area contributed by atoms with Gasteiger partial charge in [0.05, 0.1) is 13.7 Å². The Labute approximate surface area is 96.9 Å².